The van der Waals surface area contributed by atoms with E-state index in [0.717, 1.165) is 18.6 Å². The topological polar surface area (TPSA) is 49.4 Å². The molecule has 1 aromatic rings. The maximum atomic E-state index is 10.6. The summed E-state index contributed by atoms with van der Waals surface area (Å²) in [4.78, 5) is 0.287. The summed E-state index contributed by atoms with van der Waals surface area (Å²) in [7, 11) is 0. The van der Waals surface area contributed by atoms with Crippen LogP contribution in [0.3, 0.4) is 0 Å². The van der Waals surface area contributed by atoms with E-state index >= 15 is 0 Å². The molecule has 1 rings (SSSR count). The van der Waals surface area contributed by atoms with Crippen molar-refractivity contribution in [2.45, 2.75) is 31.6 Å². The molecule has 3 nitrogen and oxygen atoms in total. The fourth-order valence-corrected chi connectivity index (χ4v) is 1.74. The van der Waals surface area contributed by atoms with E-state index in [-0.39, 0.29) is 34.5 Å². The van der Waals surface area contributed by atoms with Crippen LogP contribution in [0.4, 0.5) is 0 Å². The van der Waals surface area contributed by atoms with Crippen molar-refractivity contribution in [2.24, 2.45) is 5.92 Å². The van der Waals surface area contributed by atoms with Crippen LogP contribution in [-0.4, -0.2) is 15.4 Å². The molecule has 90 valence electrons. The average Bonchev–Trinajstić information content (AvgIpc) is 2.31. The van der Waals surface area contributed by atoms with Gasteiger partial charge >= 0.3 is 29.6 Å². The second-order valence-corrected chi connectivity index (χ2v) is 4.64. The Balaban J connectivity index is 0.00000256. The summed E-state index contributed by atoms with van der Waals surface area (Å²) in [6, 6.07) is 6.47. The number of hydrogen-bond donors (Lipinski definition) is 0. The van der Waals surface area contributed by atoms with E-state index < -0.39 is 11.1 Å². The predicted molar refractivity (Wildman–Crippen MR) is 63.2 cm³/mol. The third-order valence-corrected chi connectivity index (χ3v) is 3.31. The summed E-state index contributed by atoms with van der Waals surface area (Å²) >= 11 is -2.16. The van der Waals surface area contributed by atoms with Crippen molar-refractivity contribution in [2.75, 3.05) is 6.61 Å². The third kappa shape index (κ3) is 6.02. The van der Waals surface area contributed by atoms with E-state index in [0.29, 0.717) is 12.5 Å². The molecule has 0 N–H and O–H groups in total. The van der Waals surface area contributed by atoms with Gasteiger partial charge in [-0.25, -0.2) is 0 Å². The molecule has 0 aliphatic carbocycles. The number of rotatable bonds is 6. The summed E-state index contributed by atoms with van der Waals surface area (Å²) in [6.45, 7) is 4.97. The van der Waals surface area contributed by atoms with Gasteiger partial charge in [-0.2, -0.15) is 0 Å². The Morgan fingerprint density at radius 3 is 2.18 bits per heavy atom. The van der Waals surface area contributed by atoms with Gasteiger partial charge in [0.15, 0.2) is 0 Å². The van der Waals surface area contributed by atoms with Crippen LogP contribution in [0.15, 0.2) is 29.2 Å². The first-order valence-electron chi connectivity index (χ1n) is 5.49. The first kappa shape index (κ1) is 17.1. The molecule has 0 fully saturated rings. The molecule has 17 heavy (non-hydrogen) atoms. The fourth-order valence-electron chi connectivity index (χ4n) is 1.39. The molecule has 0 radical (unpaired) electrons. The SMILES string of the molecule is CCC(CC)COc1ccc(S(=O)[O-])cc1.[Na+]. The maximum Gasteiger partial charge on any atom is 1.00 e. The van der Waals surface area contributed by atoms with Gasteiger partial charge in [-0.05, 0) is 41.3 Å². The van der Waals surface area contributed by atoms with Crippen LogP contribution in [0.1, 0.15) is 26.7 Å². The molecule has 1 unspecified atom stereocenters. The minimum Gasteiger partial charge on any atom is -0.768 e. The summed E-state index contributed by atoms with van der Waals surface area (Å²) in [6.07, 6.45) is 2.19. The molecule has 0 spiro atoms. The molecule has 0 bridgehead atoms. The molecule has 0 aliphatic rings. The van der Waals surface area contributed by atoms with Gasteiger partial charge in [0.2, 0.25) is 0 Å². The Morgan fingerprint density at radius 1 is 1.24 bits per heavy atom. The van der Waals surface area contributed by atoms with E-state index in [1.54, 1.807) is 24.3 Å². The quantitative estimate of drug-likeness (QED) is 0.525. The van der Waals surface area contributed by atoms with Crippen LogP contribution >= 0.6 is 0 Å². The van der Waals surface area contributed by atoms with Crippen LogP contribution in [0.5, 0.6) is 5.75 Å². The molecule has 0 amide bonds. The monoisotopic (exact) mass is 264 g/mol. The van der Waals surface area contributed by atoms with Gasteiger partial charge in [-0.15, -0.1) is 0 Å². The smallest absolute Gasteiger partial charge is 0.768 e. The van der Waals surface area contributed by atoms with Crippen molar-refractivity contribution in [3.05, 3.63) is 24.3 Å². The average molecular weight is 264 g/mol. The van der Waals surface area contributed by atoms with Crippen molar-refractivity contribution in [3.63, 3.8) is 0 Å². The molecule has 0 aromatic heterocycles. The number of hydrogen-bond acceptors (Lipinski definition) is 3. The zero-order chi connectivity index (χ0) is 12.0. The van der Waals surface area contributed by atoms with Crippen molar-refractivity contribution >= 4 is 11.1 Å². The maximum absolute atomic E-state index is 10.6. The Hall–Kier alpha value is 0.130. The Bertz CT molecular complexity index is 336. The summed E-state index contributed by atoms with van der Waals surface area (Å²) in [5, 5.41) is 0. The molecule has 0 aliphatic heterocycles. The molecule has 0 saturated carbocycles. The Labute approximate surface area is 128 Å². The molecule has 5 heteroatoms. The van der Waals surface area contributed by atoms with E-state index in [1.807, 2.05) is 0 Å². The largest absolute Gasteiger partial charge is 1.00 e. The van der Waals surface area contributed by atoms with Gasteiger partial charge in [0.05, 0.1) is 6.61 Å². The van der Waals surface area contributed by atoms with Crippen molar-refractivity contribution in [1.82, 2.24) is 0 Å². The first-order chi connectivity index (χ1) is 7.67. The van der Waals surface area contributed by atoms with Crippen LogP contribution in [-0.2, 0) is 11.1 Å². The molecule has 0 saturated heterocycles. The minimum atomic E-state index is -2.16. The van der Waals surface area contributed by atoms with Crippen LogP contribution < -0.4 is 34.3 Å². The molecular weight excluding hydrogens is 247 g/mol. The van der Waals surface area contributed by atoms with Crippen LogP contribution in [0.25, 0.3) is 0 Å². The van der Waals surface area contributed by atoms with Gasteiger partial charge in [0, 0.05) is 4.90 Å². The van der Waals surface area contributed by atoms with Gasteiger partial charge in [0.25, 0.3) is 0 Å². The second-order valence-electron chi connectivity index (χ2n) is 3.70. The summed E-state index contributed by atoms with van der Waals surface area (Å²) < 4.78 is 26.8. The zero-order valence-electron chi connectivity index (χ0n) is 10.6. The molecule has 0 heterocycles. The van der Waals surface area contributed by atoms with Gasteiger partial charge < -0.3 is 9.29 Å². The molecule has 1 atom stereocenters. The third-order valence-electron chi connectivity index (χ3n) is 2.66. The van der Waals surface area contributed by atoms with Gasteiger partial charge in [0.1, 0.15) is 5.75 Å². The fraction of sp³-hybridized carbons (Fsp3) is 0.500. The van der Waals surface area contributed by atoms with Crippen LogP contribution in [0, 0.1) is 5.92 Å². The normalized spacial score (nSPS) is 12.0. The summed E-state index contributed by atoms with van der Waals surface area (Å²) in [5.41, 5.74) is 0. The van der Waals surface area contributed by atoms with E-state index in [4.69, 9.17) is 4.74 Å². The minimum absolute atomic E-state index is 0. The van der Waals surface area contributed by atoms with E-state index in [9.17, 15) is 8.76 Å². The second kappa shape index (κ2) is 9.11. The Morgan fingerprint density at radius 2 is 1.76 bits per heavy atom. The molecule has 1 aromatic carbocycles. The van der Waals surface area contributed by atoms with E-state index in [2.05, 4.69) is 13.8 Å². The first-order valence-corrected chi connectivity index (χ1v) is 6.57. The van der Waals surface area contributed by atoms with E-state index in [1.165, 1.54) is 0 Å². The summed E-state index contributed by atoms with van der Waals surface area (Å²) in [5.74, 6) is 1.29. The Kier molecular flexibility index (Phi) is 9.18. The van der Waals surface area contributed by atoms with Gasteiger partial charge in [-0.3, -0.25) is 4.21 Å². The number of benzene rings is 1. The van der Waals surface area contributed by atoms with Crippen molar-refractivity contribution < 1.29 is 43.1 Å². The van der Waals surface area contributed by atoms with Gasteiger partial charge in [-0.1, -0.05) is 26.7 Å². The van der Waals surface area contributed by atoms with Crippen LogP contribution in [0.2, 0.25) is 0 Å². The predicted octanol–water partition coefficient (Wildman–Crippen LogP) is -0.256. The van der Waals surface area contributed by atoms with Crippen molar-refractivity contribution in [1.29, 1.82) is 0 Å². The van der Waals surface area contributed by atoms with Crippen molar-refractivity contribution in [3.8, 4) is 5.75 Å². The number of ether oxygens (including phenoxy) is 1. The standard InChI is InChI=1S/C12H18O3S.Na/c1-3-10(4-2)9-15-11-5-7-12(8-6-11)16(13)14;/h5-8,10H,3-4,9H2,1-2H3,(H,13,14);/q;+1/p-1. The molecular formula is C12H17NaO3S. The zero-order valence-corrected chi connectivity index (χ0v) is 13.5.